The lowest BCUT2D eigenvalue weighted by atomic mass is 9.73. The van der Waals surface area contributed by atoms with Gasteiger partial charge in [-0.1, -0.05) is 25.5 Å². The minimum atomic E-state index is -0.667. The van der Waals surface area contributed by atoms with Crippen molar-refractivity contribution in [2.24, 2.45) is 5.41 Å². The first-order chi connectivity index (χ1) is 8.71. The molecule has 1 rings (SSSR count). The zero-order valence-corrected chi connectivity index (χ0v) is 12.6. The van der Waals surface area contributed by atoms with Crippen molar-refractivity contribution in [1.29, 1.82) is 0 Å². The Morgan fingerprint density at radius 3 is 2.47 bits per heavy atom. The first-order valence-corrected chi connectivity index (χ1v) is 6.71. The van der Waals surface area contributed by atoms with Gasteiger partial charge in [-0.3, -0.25) is 4.79 Å². The van der Waals surface area contributed by atoms with Crippen molar-refractivity contribution in [3.05, 3.63) is 35.2 Å². The van der Waals surface area contributed by atoms with E-state index in [0.717, 1.165) is 5.70 Å². The highest BCUT2D eigenvalue weighted by Gasteiger charge is 2.35. The Hall–Kier alpha value is -1.35. The maximum atomic E-state index is 12.0. The molecule has 0 saturated heterocycles. The molecule has 0 aliphatic heterocycles. The normalized spacial score (nSPS) is 25.4. The molecule has 0 aromatic heterocycles. The average Bonchev–Trinajstić information content (AvgIpc) is 2.23. The molecule has 19 heavy (non-hydrogen) atoms. The van der Waals surface area contributed by atoms with E-state index in [9.17, 15) is 9.90 Å². The molecule has 0 bridgehead atoms. The summed E-state index contributed by atoms with van der Waals surface area (Å²) < 4.78 is 0. The van der Waals surface area contributed by atoms with Crippen molar-refractivity contribution in [3.8, 4) is 0 Å². The molecule has 0 heterocycles. The highest BCUT2D eigenvalue weighted by Crippen LogP contribution is 2.35. The van der Waals surface area contributed by atoms with Crippen LogP contribution in [0, 0.1) is 5.41 Å². The number of allylic oxidation sites excluding steroid dienone is 4. The van der Waals surface area contributed by atoms with Crippen LogP contribution in [-0.2, 0) is 4.79 Å². The van der Waals surface area contributed by atoms with E-state index >= 15 is 0 Å². The average molecular weight is 263 g/mol. The van der Waals surface area contributed by atoms with Crippen LogP contribution in [0.4, 0.5) is 0 Å². The van der Waals surface area contributed by atoms with E-state index in [-0.39, 0.29) is 11.2 Å². The van der Waals surface area contributed by atoms with E-state index in [1.54, 1.807) is 6.20 Å². The molecular formula is C16H25NO2. The van der Waals surface area contributed by atoms with Gasteiger partial charge >= 0.3 is 0 Å². The Morgan fingerprint density at radius 2 is 1.95 bits per heavy atom. The van der Waals surface area contributed by atoms with Crippen molar-refractivity contribution >= 4 is 5.78 Å². The van der Waals surface area contributed by atoms with Crippen LogP contribution in [0.2, 0.25) is 0 Å². The van der Waals surface area contributed by atoms with Crippen LogP contribution in [0.3, 0.4) is 0 Å². The number of hydrogen-bond donors (Lipinski definition) is 2. The molecule has 1 fully saturated rings. The molecule has 0 unspecified atom stereocenters. The minimum Gasteiger partial charge on any atom is -0.388 e. The summed E-state index contributed by atoms with van der Waals surface area (Å²) in [4.78, 5) is 12.0. The fourth-order valence-corrected chi connectivity index (χ4v) is 2.14. The molecule has 0 aromatic carbocycles. The SMILES string of the molecule is CC(C)=C/C=C(\C)N/C=C1/C(=O)CC(C)(C)C[C@H]1O. The molecule has 2 N–H and O–H groups in total. The second-order valence-corrected chi connectivity index (χ2v) is 6.32. The third kappa shape index (κ3) is 5.03. The lowest BCUT2D eigenvalue weighted by Crippen LogP contribution is -2.35. The number of aliphatic hydroxyl groups excluding tert-OH is 1. The van der Waals surface area contributed by atoms with E-state index in [4.69, 9.17) is 0 Å². The summed E-state index contributed by atoms with van der Waals surface area (Å²) in [7, 11) is 0. The van der Waals surface area contributed by atoms with Crippen molar-refractivity contribution in [2.75, 3.05) is 0 Å². The molecule has 1 saturated carbocycles. The number of Topliss-reactive ketones (excluding diaryl/α,β-unsaturated/α-hetero) is 1. The van der Waals surface area contributed by atoms with Gasteiger partial charge in [0.2, 0.25) is 0 Å². The summed E-state index contributed by atoms with van der Waals surface area (Å²) in [6, 6.07) is 0. The number of hydrogen-bond acceptors (Lipinski definition) is 3. The number of ketones is 1. The highest BCUT2D eigenvalue weighted by molar-refractivity contribution is 5.97. The molecule has 106 valence electrons. The second kappa shape index (κ2) is 6.20. The molecule has 3 nitrogen and oxygen atoms in total. The highest BCUT2D eigenvalue weighted by atomic mass is 16.3. The van der Waals surface area contributed by atoms with E-state index in [2.05, 4.69) is 5.32 Å². The molecule has 1 aliphatic carbocycles. The Labute approximate surface area is 116 Å². The van der Waals surface area contributed by atoms with Crippen molar-refractivity contribution in [2.45, 2.75) is 53.6 Å². The maximum absolute atomic E-state index is 12.0. The number of carbonyl (C=O) groups is 1. The van der Waals surface area contributed by atoms with Crippen molar-refractivity contribution in [3.63, 3.8) is 0 Å². The summed E-state index contributed by atoms with van der Waals surface area (Å²) in [5.41, 5.74) is 2.54. The molecule has 0 radical (unpaired) electrons. The minimum absolute atomic E-state index is 0.0336. The van der Waals surface area contributed by atoms with Gasteiger partial charge in [-0.15, -0.1) is 0 Å². The predicted molar refractivity (Wildman–Crippen MR) is 78.4 cm³/mol. The van der Waals surface area contributed by atoms with Gasteiger partial charge in [0.1, 0.15) is 0 Å². The van der Waals surface area contributed by atoms with E-state index in [1.165, 1.54) is 5.57 Å². The number of rotatable bonds is 3. The summed E-state index contributed by atoms with van der Waals surface area (Å²) in [5.74, 6) is 0.0336. The smallest absolute Gasteiger partial charge is 0.163 e. The fraction of sp³-hybridized carbons (Fsp3) is 0.562. The first kappa shape index (κ1) is 15.7. The lowest BCUT2D eigenvalue weighted by molar-refractivity contribution is -0.121. The number of nitrogens with one attached hydrogen (secondary N) is 1. The van der Waals surface area contributed by atoms with Crippen LogP contribution in [0.25, 0.3) is 0 Å². The molecule has 1 aliphatic rings. The van der Waals surface area contributed by atoms with Gasteiger partial charge in [0, 0.05) is 23.9 Å². The van der Waals surface area contributed by atoms with Gasteiger partial charge < -0.3 is 10.4 Å². The molecule has 0 spiro atoms. The zero-order valence-electron chi connectivity index (χ0n) is 12.6. The molecule has 0 amide bonds. The first-order valence-electron chi connectivity index (χ1n) is 6.71. The van der Waals surface area contributed by atoms with Gasteiger partial charge in [0.05, 0.1) is 6.10 Å². The maximum Gasteiger partial charge on any atom is 0.163 e. The summed E-state index contributed by atoms with van der Waals surface area (Å²) in [6.07, 6.45) is 6.06. The summed E-state index contributed by atoms with van der Waals surface area (Å²) in [5, 5.41) is 13.1. The van der Waals surface area contributed by atoms with Gasteiger partial charge in [-0.25, -0.2) is 0 Å². The summed E-state index contributed by atoms with van der Waals surface area (Å²) in [6.45, 7) is 10.0. The molecule has 1 atom stereocenters. The van der Waals surface area contributed by atoms with E-state index < -0.39 is 6.10 Å². The van der Waals surface area contributed by atoms with Crippen molar-refractivity contribution < 1.29 is 9.90 Å². The molecular weight excluding hydrogens is 238 g/mol. The van der Waals surface area contributed by atoms with Crippen LogP contribution in [-0.4, -0.2) is 17.0 Å². The Kier molecular flexibility index (Phi) is 5.12. The summed E-state index contributed by atoms with van der Waals surface area (Å²) >= 11 is 0. The Balaban J connectivity index is 2.75. The van der Waals surface area contributed by atoms with Gasteiger partial charge in [0.15, 0.2) is 5.78 Å². The third-order valence-electron chi connectivity index (χ3n) is 3.19. The van der Waals surface area contributed by atoms with Crippen LogP contribution >= 0.6 is 0 Å². The molecule has 3 heteroatoms. The Bertz CT molecular complexity index is 438. The number of carbonyl (C=O) groups excluding carboxylic acids is 1. The lowest BCUT2D eigenvalue weighted by Gasteiger charge is -2.33. The van der Waals surface area contributed by atoms with Gasteiger partial charge in [-0.05, 0) is 38.7 Å². The van der Waals surface area contributed by atoms with Crippen LogP contribution < -0.4 is 5.32 Å². The largest absolute Gasteiger partial charge is 0.388 e. The Morgan fingerprint density at radius 1 is 1.32 bits per heavy atom. The third-order valence-corrected chi connectivity index (χ3v) is 3.19. The number of aliphatic hydroxyl groups is 1. The zero-order chi connectivity index (χ0) is 14.6. The van der Waals surface area contributed by atoms with Gasteiger partial charge in [-0.2, -0.15) is 0 Å². The predicted octanol–water partition coefficient (Wildman–Crippen LogP) is 3.08. The van der Waals surface area contributed by atoms with E-state index in [1.807, 2.05) is 46.8 Å². The van der Waals surface area contributed by atoms with E-state index in [0.29, 0.717) is 18.4 Å². The van der Waals surface area contributed by atoms with Crippen LogP contribution in [0.1, 0.15) is 47.5 Å². The van der Waals surface area contributed by atoms with Crippen LogP contribution in [0.15, 0.2) is 35.2 Å². The second-order valence-electron chi connectivity index (χ2n) is 6.32. The van der Waals surface area contributed by atoms with Gasteiger partial charge in [0.25, 0.3) is 0 Å². The molecule has 0 aromatic rings. The topological polar surface area (TPSA) is 49.3 Å². The standard InChI is InChI=1S/C16H25NO2/c1-11(2)6-7-12(3)17-10-13-14(18)8-16(4,5)9-15(13)19/h6-7,10,14,17-18H,8-9H2,1-5H3/b12-7+,13-10+/t14-/m1/s1. The quantitative estimate of drug-likeness (QED) is 0.607. The van der Waals surface area contributed by atoms with Crippen LogP contribution in [0.5, 0.6) is 0 Å². The monoisotopic (exact) mass is 263 g/mol. The fourth-order valence-electron chi connectivity index (χ4n) is 2.14. The van der Waals surface area contributed by atoms with Crippen molar-refractivity contribution in [1.82, 2.24) is 5.32 Å².